The molecule has 0 saturated carbocycles. The smallest absolute Gasteiger partial charge is 0.285 e. The van der Waals surface area contributed by atoms with Crippen molar-refractivity contribution >= 4 is 17.4 Å². The van der Waals surface area contributed by atoms with E-state index in [1.165, 1.54) is 6.20 Å². The molecule has 0 fully saturated rings. The molecule has 2 heterocycles. The third-order valence-corrected chi connectivity index (χ3v) is 3.27. The Morgan fingerprint density at radius 2 is 2.08 bits per heavy atom. The van der Waals surface area contributed by atoms with E-state index in [2.05, 4.69) is 10.4 Å². The molecule has 25 heavy (non-hydrogen) atoms. The number of nitriles is 1. The van der Waals surface area contributed by atoms with Crippen LogP contribution in [0.4, 0.5) is 11.5 Å². The van der Waals surface area contributed by atoms with Crippen molar-refractivity contribution in [2.75, 3.05) is 5.32 Å². The van der Waals surface area contributed by atoms with Gasteiger partial charge in [0.25, 0.3) is 11.2 Å². The molecule has 2 aromatic heterocycles. The van der Waals surface area contributed by atoms with Gasteiger partial charge in [-0.3, -0.25) is 29.0 Å². The molecule has 2 rings (SSSR count). The summed E-state index contributed by atoms with van der Waals surface area (Å²) in [4.78, 5) is 34.0. The molecule has 0 radical (unpaired) electrons. The van der Waals surface area contributed by atoms with Crippen LogP contribution in [0.1, 0.15) is 26.3 Å². The lowest BCUT2D eigenvalue weighted by Crippen LogP contribution is -2.27. The molecule has 0 spiro atoms. The Morgan fingerprint density at radius 3 is 2.64 bits per heavy atom. The average molecular weight is 344 g/mol. The van der Waals surface area contributed by atoms with Crippen LogP contribution < -0.4 is 10.9 Å². The van der Waals surface area contributed by atoms with Gasteiger partial charge in [0.2, 0.25) is 5.91 Å². The topological polar surface area (TPSA) is 136 Å². The van der Waals surface area contributed by atoms with E-state index in [4.69, 9.17) is 5.26 Å². The number of rotatable bonds is 4. The summed E-state index contributed by atoms with van der Waals surface area (Å²) in [6.45, 7) is 5.22. The van der Waals surface area contributed by atoms with Crippen molar-refractivity contribution in [2.24, 2.45) is 0 Å². The van der Waals surface area contributed by atoms with E-state index in [0.717, 1.165) is 22.9 Å². The zero-order valence-electron chi connectivity index (χ0n) is 13.9. The van der Waals surface area contributed by atoms with Crippen LogP contribution in [0, 0.1) is 21.4 Å². The van der Waals surface area contributed by atoms with E-state index in [-0.39, 0.29) is 22.6 Å². The Balaban J connectivity index is 2.23. The fraction of sp³-hybridized carbons (Fsp3) is 0.333. The normalized spacial score (nSPS) is 11.0. The second-order valence-electron chi connectivity index (χ2n) is 6.28. The molecule has 0 saturated heterocycles. The van der Waals surface area contributed by atoms with Gasteiger partial charge in [-0.2, -0.15) is 10.4 Å². The van der Waals surface area contributed by atoms with Crippen molar-refractivity contribution in [2.45, 2.75) is 32.9 Å². The van der Waals surface area contributed by atoms with Crippen molar-refractivity contribution in [3.63, 3.8) is 0 Å². The summed E-state index contributed by atoms with van der Waals surface area (Å²) in [5, 5.41) is 26.5. The first kappa shape index (κ1) is 17.9. The van der Waals surface area contributed by atoms with Crippen LogP contribution in [0.15, 0.2) is 29.3 Å². The molecular formula is C15H16N6O4. The van der Waals surface area contributed by atoms with E-state index in [1.807, 2.05) is 26.8 Å². The lowest BCUT2D eigenvalue weighted by molar-refractivity contribution is -0.385. The summed E-state index contributed by atoms with van der Waals surface area (Å²) in [5.74, 6) is -0.556. The zero-order valence-corrected chi connectivity index (χ0v) is 13.9. The minimum absolute atomic E-state index is 0.0703. The first-order chi connectivity index (χ1) is 11.6. The number of carbonyl (C=O) groups excluding carboxylic acids is 1. The highest BCUT2D eigenvalue weighted by Crippen LogP contribution is 2.19. The van der Waals surface area contributed by atoms with E-state index in [9.17, 15) is 19.7 Å². The van der Waals surface area contributed by atoms with Crippen molar-refractivity contribution in [3.05, 3.63) is 50.6 Å². The quantitative estimate of drug-likeness (QED) is 0.654. The van der Waals surface area contributed by atoms with Gasteiger partial charge < -0.3 is 5.32 Å². The maximum absolute atomic E-state index is 12.1. The van der Waals surface area contributed by atoms with Gasteiger partial charge in [0.1, 0.15) is 18.2 Å². The van der Waals surface area contributed by atoms with Crippen LogP contribution in [-0.4, -0.2) is 25.2 Å². The Labute approximate surface area is 142 Å². The number of aromatic nitrogens is 3. The third-order valence-electron chi connectivity index (χ3n) is 3.27. The lowest BCUT2D eigenvalue weighted by Gasteiger charge is -2.18. The molecule has 0 aliphatic carbocycles. The molecule has 0 unspecified atom stereocenters. The van der Waals surface area contributed by atoms with Gasteiger partial charge in [0, 0.05) is 18.3 Å². The van der Waals surface area contributed by atoms with Crippen LogP contribution in [0.5, 0.6) is 0 Å². The Bertz CT molecular complexity index is 929. The summed E-state index contributed by atoms with van der Waals surface area (Å²) < 4.78 is 2.46. The number of amides is 1. The van der Waals surface area contributed by atoms with Gasteiger partial charge in [0.05, 0.1) is 16.7 Å². The Hall–Kier alpha value is -3.48. The van der Waals surface area contributed by atoms with Crippen LogP contribution in [0.2, 0.25) is 0 Å². The van der Waals surface area contributed by atoms with E-state index < -0.39 is 22.9 Å². The molecule has 1 amide bonds. The number of pyridine rings is 1. The number of nitrogens with zero attached hydrogens (tertiary/aromatic N) is 5. The van der Waals surface area contributed by atoms with Crippen molar-refractivity contribution in [1.29, 1.82) is 5.26 Å². The fourth-order valence-electron chi connectivity index (χ4n) is 1.97. The molecule has 0 aliphatic rings. The van der Waals surface area contributed by atoms with Gasteiger partial charge in [-0.1, -0.05) is 0 Å². The molecule has 0 aromatic carbocycles. The van der Waals surface area contributed by atoms with Gasteiger partial charge in [-0.15, -0.1) is 0 Å². The number of carbonyl (C=O) groups is 1. The summed E-state index contributed by atoms with van der Waals surface area (Å²) in [6.07, 6.45) is 2.50. The molecular weight excluding hydrogens is 328 g/mol. The monoisotopic (exact) mass is 344 g/mol. The van der Waals surface area contributed by atoms with E-state index >= 15 is 0 Å². The number of nitrogens with one attached hydrogen (secondary N) is 1. The van der Waals surface area contributed by atoms with Crippen molar-refractivity contribution < 1.29 is 9.72 Å². The first-order valence-corrected chi connectivity index (χ1v) is 7.27. The summed E-state index contributed by atoms with van der Waals surface area (Å²) >= 11 is 0. The van der Waals surface area contributed by atoms with Crippen LogP contribution in [0.25, 0.3) is 0 Å². The minimum atomic E-state index is -0.660. The first-order valence-electron chi connectivity index (χ1n) is 7.27. The average Bonchev–Trinajstić information content (AvgIpc) is 2.92. The molecule has 0 aliphatic heterocycles. The molecule has 10 nitrogen and oxygen atoms in total. The predicted molar refractivity (Wildman–Crippen MR) is 87.9 cm³/mol. The zero-order chi connectivity index (χ0) is 18.8. The molecule has 10 heteroatoms. The highest BCUT2D eigenvalue weighted by atomic mass is 16.6. The molecule has 1 N–H and O–H groups in total. The molecule has 0 bridgehead atoms. The van der Waals surface area contributed by atoms with E-state index in [1.54, 1.807) is 4.68 Å². The molecule has 130 valence electrons. The van der Waals surface area contributed by atoms with Gasteiger partial charge in [-0.05, 0) is 20.8 Å². The third kappa shape index (κ3) is 4.08. The largest absolute Gasteiger partial charge is 0.307 e. The molecule has 0 atom stereocenters. The SMILES string of the molecule is CC(C)(C)n1cc(C#N)c(NC(=O)Cn2cc([N+](=O)[O-])ccc2=O)n1. The Kier molecular flexibility index (Phi) is 4.69. The predicted octanol–water partition coefficient (Wildman–Crippen LogP) is 1.22. The second kappa shape index (κ2) is 6.56. The summed E-state index contributed by atoms with van der Waals surface area (Å²) in [5.41, 5.74) is -1.07. The fourth-order valence-corrected chi connectivity index (χ4v) is 1.97. The van der Waals surface area contributed by atoms with Crippen molar-refractivity contribution in [1.82, 2.24) is 14.3 Å². The highest BCUT2D eigenvalue weighted by molar-refractivity contribution is 5.90. The standard InChI is InChI=1S/C15H16N6O4/c1-15(2,3)20-7-10(6-16)14(18-20)17-12(22)9-19-8-11(21(24)25)4-5-13(19)23/h4-5,7-8H,9H2,1-3H3,(H,17,18,22). The maximum atomic E-state index is 12.1. The number of hydrogen-bond donors (Lipinski definition) is 1. The molecule has 2 aromatic rings. The minimum Gasteiger partial charge on any atom is -0.307 e. The van der Waals surface area contributed by atoms with Crippen LogP contribution in [-0.2, 0) is 16.9 Å². The van der Waals surface area contributed by atoms with Crippen LogP contribution >= 0.6 is 0 Å². The van der Waals surface area contributed by atoms with E-state index in [0.29, 0.717) is 0 Å². The number of hydrogen-bond acceptors (Lipinski definition) is 6. The summed E-state index contributed by atoms with van der Waals surface area (Å²) in [6, 6.07) is 4.02. The van der Waals surface area contributed by atoms with Gasteiger partial charge in [-0.25, -0.2) is 0 Å². The Morgan fingerprint density at radius 1 is 1.40 bits per heavy atom. The number of nitro groups is 1. The van der Waals surface area contributed by atoms with Gasteiger partial charge >= 0.3 is 0 Å². The second-order valence-corrected chi connectivity index (χ2v) is 6.28. The number of anilines is 1. The van der Waals surface area contributed by atoms with Gasteiger partial charge in [0.15, 0.2) is 5.82 Å². The lowest BCUT2D eigenvalue weighted by atomic mass is 10.1. The summed E-state index contributed by atoms with van der Waals surface area (Å²) in [7, 11) is 0. The van der Waals surface area contributed by atoms with Crippen molar-refractivity contribution in [3.8, 4) is 6.07 Å². The maximum Gasteiger partial charge on any atom is 0.285 e. The van der Waals surface area contributed by atoms with Crippen LogP contribution in [0.3, 0.4) is 0 Å². The highest BCUT2D eigenvalue weighted by Gasteiger charge is 2.19.